The van der Waals surface area contributed by atoms with Gasteiger partial charge in [-0.15, -0.1) is 0 Å². The first-order valence-electron chi connectivity index (χ1n) is 4.70. The smallest absolute Gasteiger partial charge is 0.196 e. The van der Waals surface area contributed by atoms with E-state index in [0.717, 1.165) is 5.56 Å². The molecule has 0 saturated heterocycles. The van der Waals surface area contributed by atoms with Gasteiger partial charge in [0.15, 0.2) is 10.5 Å². The van der Waals surface area contributed by atoms with Crippen LogP contribution in [0.5, 0.6) is 5.75 Å². The molecule has 0 atom stereocenters. The molecule has 1 aromatic carbocycles. The van der Waals surface area contributed by atoms with E-state index in [1.165, 1.54) is 0 Å². The molecule has 17 heavy (non-hydrogen) atoms. The van der Waals surface area contributed by atoms with Crippen molar-refractivity contribution in [3.05, 3.63) is 50.9 Å². The van der Waals surface area contributed by atoms with Crippen molar-refractivity contribution in [3.8, 4) is 5.75 Å². The Morgan fingerprint density at radius 3 is 2.29 bits per heavy atom. The predicted octanol–water partition coefficient (Wildman–Crippen LogP) is 4.12. The fraction of sp³-hybridized carbons (Fsp3) is 0.0909. The first kappa shape index (κ1) is 12.6. The molecule has 6 heteroatoms. The van der Waals surface area contributed by atoms with Crippen LogP contribution in [0.15, 0.2) is 35.3 Å². The average Bonchev–Trinajstić information content (AvgIpc) is 2.31. The summed E-state index contributed by atoms with van der Waals surface area (Å²) in [5.74, 6) is 0.559. The zero-order valence-corrected chi connectivity index (χ0v) is 11.6. The Morgan fingerprint density at radius 2 is 1.71 bits per heavy atom. The molecule has 1 heterocycles. The lowest BCUT2D eigenvalue weighted by Gasteiger charge is -2.08. The van der Waals surface area contributed by atoms with E-state index in [0.29, 0.717) is 20.5 Å². The number of aromatic nitrogens is 2. The van der Waals surface area contributed by atoms with Gasteiger partial charge in [0.2, 0.25) is 0 Å². The third-order valence-corrected chi connectivity index (χ3v) is 3.16. The van der Waals surface area contributed by atoms with Gasteiger partial charge in [-0.05, 0) is 28.1 Å². The monoisotopic (exact) mass is 332 g/mol. The molecule has 0 fully saturated rings. The summed E-state index contributed by atoms with van der Waals surface area (Å²) < 4.78 is 6.01. The Labute approximate surface area is 117 Å². The van der Waals surface area contributed by atoms with Crippen LogP contribution in [0.2, 0.25) is 10.0 Å². The Balaban J connectivity index is 2.10. The first-order chi connectivity index (χ1) is 8.16. The summed E-state index contributed by atoms with van der Waals surface area (Å²) in [5.41, 5.74) is 0.749. The van der Waals surface area contributed by atoms with Crippen molar-refractivity contribution in [2.45, 2.75) is 6.61 Å². The van der Waals surface area contributed by atoms with Crippen molar-refractivity contribution in [3.63, 3.8) is 0 Å². The third-order valence-electron chi connectivity index (χ3n) is 2.04. The lowest BCUT2D eigenvalue weighted by Crippen LogP contribution is -1.98. The molecule has 0 saturated carbocycles. The highest BCUT2D eigenvalue weighted by atomic mass is 79.9. The number of benzene rings is 1. The van der Waals surface area contributed by atoms with Crippen molar-refractivity contribution in [1.29, 1.82) is 0 Å². The molecule has 88 valence electrons. The third kappa shape index (κ3) is 3.31. The van der Waals surface area contributed by atoms with Gasteiger partial charge < -0.3 is 4.74 Å². The second-order valence-electron chi connectivity index (χ2n) is 3.18. The second-order valence-corrected chi connectivity index (χ2v) is 4.70. The number of ether oxygens (including phenoxy) is 1. The fourth-order valence-electron chi connectivity index (χ4n) is 1.20. The summed E-state index contributed by atoms with van der Waals surface area (Å²) in [6.07, 6.45) is 3.14. The quantitative estimate of drug-likeness (QED) is 0.792. The van der Waals surface area contributed by atoms with Crippen LogP contribution >= 0.6 is 39.1 Å². The molecule has 0 aliphatic heterocycles. The van der Waals surface area contributed by atoms with E-state index >= 15 is 0 Å². The molecule has 0 spiro atoms. The van der Waals surface area contributed by atoms with Crippen LogP contribution in [-0.2, 0) is 6.61 Å². The van der Waals surface area contributed by atoms with Gasteiger partial charge in [-0.3, -0.25) is 0 Å². The standard InChI is InChI=1S/C11H7BrCl2N2O/c12-11-15-4-7(5-16-11)17-6-8-9(13)2-1-3-10(8)14/h1-5H,6H2. The molecular weight excluding hydrogens is 327 g/mol. The molecule has 0 radical (unpaired) electrons. The van der Waals surface area contributed by atoms with Crippen LogP contribution in [0.1, 0.15) is 5.56 Å². The van der Waals surface area contributed by atoms with Crippen molar-refractivity contribution >= 4 is 39.1 Å². The molecule has 0 unspecified atom stereocenters. The molecule has 2 aromatic rings. The van der Waals surface area contributed by atoms with Crippen LogP contribution < -0.4 is 4.74 Å². The Kier molecular flexibility index (Phi) is 4.20. The number of hydrogen-bond donors (Lipinski definition) is 0. The summed E-state index contributed by atoms with van der Waals surface area (Å²) in [7, 11) is 0. The van der Waals surface area contributed by atoms with E-state index in [4.69, 9.17) is 27.9 Å². The maximum atomic E-state index is 6.02. The molecule has 3 nitrogen and oxygen atoms in total. The van der Waals surface area contributed by atoms with Gasteiger partial charge in [-0.1, -0.05) is 29.3 Å². The van der Waals surface area contributed by atoms with Crippen molar-refractivity contribution in [1.82, 2.24) is 9.97 Å². The summed E-state index contributed by atoms with van der Waals surface area (Å²) >= 11 is 15.2. The Morgan fingerprint density at radius 1 is 1.12 bits per heavy atom. The van der Waals surface area contributed by atoms with Gasteiger partial charge in [-0.2, -0.15) is 0 Å². The molecule has 0 aliphatic rings. The van der Waals surface area contributed by atoms with Gasteiger partial charge in [0.05, 0.1) is 12.4 Å². The van der Waals surface area contributed by atoms with E-state index in [2.05, 4.69) is 25.9 Å². The topological polar surface area (TPSA) is 35.0 Å². The highest BCUT2D eigenvalue weighted by Gasteiger charge is 2.06. The molecule has 0 amide bonds. The summed E-state index contributed by atoms with van der Waals surface area (Å²) in [5, 5.41) is 1.16. The van der Waals surface area contributed by atoms with Crippen LogP contribution in [0.3, 0.4) is 0 Å². The minimum Gasteiger partial charge on any atom is -0.486 e. The summed E-state index contributed by atoms with van der Waals surface area (Å²) in [6.45, 7) is 0.281. The summed E-state index contributed by atoms with van der Waals surface area (Å²) in [6, 6.07) is 5.32. The molecule has 0 bridgehead atoms. The van der Waals surface area contributed by atoms with E-state index < -0.39 is 0 Å². The fourth-order valence-corrected chi connectivity index (χ4v) is 1.91. The maximum absolute atomic E-state index is 6.02. The van der Waals surface area contributed by atoms with Crippen molar-refractivity contribution in [2.24, 2.45) is 0 Å². The zero-order valence-electron chi connectivity index (χ0n) is 8.53. The lowest BCUT2D eigenvalue weighted by atomic mass is 10.2. The van der Waals surface area contributed by atoms with Crippen LogP contribution in [0, 0.1) is 0 Å². The SMILES string of the molecule is Clc1cccc(Cl)c1COc1cnc(Br)nc1. The molecule has 0 aliphatic carbocycles. The van der Waals surface area contributed by atoms with E-state index in [9.17, 15) is 0 Å². The lowest BCUT2D eigenvalue weighted by molar-refractivity contribution is 0.303. The van der Waals surface area contributed by atoms with Crippen LogP contribution in [0.25, 0.3) is 0 Å². The van der Waals surface area contributed by atoms with Gasteiger partial charge in [-0.25, -0.2) is 9.97 Å². The molecule has 0 N–H and O–H groups in total. The van der Waals surface area contributed by atoms with E-state index in [1.807, 2.05) is 0 Å². The average molecular weight is 334 g/mol. The predicted molar refractivity (Wildman–Crippen MR) is 70.5 cm³/mol. The largest absolute Gasteiger partial charge is 0.486 e. The highest BCUT2D eigenvalue weighted by Crippen LogP contribution is 2.25. The van der Waals surface area contributed by atoms with Gasteiger partial charge in [0.25, 0.3) is 0 Å². The minimum atomic E-state index is 0.281. The van der Waals surface area contributed by atoms with Gasteiger partial charge >= 0.3 is 0 Å². The van der Waals surface area contributed by atoms with E-state index in [1.54, 1.807) is 30.6 Å². The Bertz CT molecular complexity index is 499. The number of rotatable bonds is 3. The normalized spacial score (nSPS) is 10.3. The second kappa shape index (κ2) is 5.67. The molecule has 2 rings (SSSR count). The van der Waals surface area contributed by atoms with Gasteiger partial charge in [0.1, 0.15) is 6.61 Å². The number of hydrogen-bond acceptors (Lipinski definition) is 3. The van der Waals surface area contributed by atoms with E-state index in [-0.39, 0.29) is 6.61 Å². The Hall–Kier alpha value is -0.840. The number of halogens is 3. The van der Waals surface area contributed by atoms with Crippen molar-refractivity contribution in [2.75, 3.05) is 0 Å². The van der Waals surface area contributed by atoms with Gasteiger partial charge in [0, 0.05) is 15.6 Å². The van der Waals surface area contributed by atoms with Crippen molar-refractivity contribution < 1.29 is 4.74 Å². The molecule has 1 aromatic heterocycles. The van der Waals surface area contributed by atoms with Crippen LogP contribution in [0.4, 0.5) is 0 Å². The molecular formula is C11H7BrCl2N2O. The minimum absolute atomic E-state index is 0.281. The maximum Gasteiger partial charge on any atom is 0.196 e. The first-order valence-corrected chi connectivity index (χ1v) is 6.25. The number of nitrogens with zero attached hydrogens (tertiary/aromatic N) is 2. The zero-order chi connectivity index (χ0) is 12.3. The highest BCUT2D eigenvalue weighted by molar-refractivity contribution is 9.10. The van der Waals surface area contributed by atoms with Crippen LogP contribution in [-0.4, -0.2) is 9.97 Å². The summed E-state index contributed by atoms with van der Waals surface area (Å²) in [4.78, 5) is 7.90.